The van der Waals surface area contributed by atoms with Crippen molar-refractivity contribution in [3.05, 3.63) is 58.5 Å². The Kier molecular flexibility index (Phi) is 5.76. The second-order valence-corrected chi connectivity index (χ2v) is 6.55. The van der Waals surface area contributed by atoms with Crippen molar-refractivity contribution in [2.45, 2.75) is 12.6 Å². The molecule has 0 aliphatic carbocycles. The first-order valence-corrected chi connectivity index (χ1v) is 8.67. The number of rotatable bonds is 3. The van der Waals surface area contributed by atoms with E-state index in [0.717, 1.165) is 5.56 Å². The van der Waals surface area contributed by atoms with Crippen molar-refractivity contribution < 1.29 is 9.18 Å². The molecule has 8 nitrogen and oxygen atoms in total. The molecule has 148 valence electrons. The van der Waals surface area contributed by atoms with Gasteiger partial charge in [-0.3, -0.25) is 18.8 Å². The molecule has 4 rings (SSSR count). The van der Waals surface area contributed by atoms with Gasteiger partial charge in [0.2, 0.25) is 5.91 Å². The van der Waals surface area contributed by atoms with Crippen LogP contribution in [0.1, 0.15) is 11.6 Å². The van der Waals surface area contributed by atoms with Crippen LogP contribution in [0.25, 0.3) is 11.0 Å². The van der Waals surface area contributed by atoms with E-state index in [1.54, 1.807) is 24.1 Å². The van der Waals surface area contributed by atoms with Crippen molar-refractivity contribution in [1.29, 1.82) is 0 Å². The van der Waals surface area contributed by atoms with Crippen LogP contribution in [0, 0.1) is 5.82 Å². The van der Waals surface area contributed by atoms with E-state index in [1.165, 1.54) is 33.9 Å². The van der Waals surface area contributed by atoms with Gasteiger partial charge in [0, 0.05) is 26.7 Å². The summed E-state index contributed by atoms with van der Waals surface area (Å²) in [5, 5.41) is 7.63. The molecule has 1 fully saturated rings. The fraction of sp³-hybridized carbons (Fsp3) is 0.333. The number of benzene rings is 1. The molecule has 1 N–H and O–H groups in total. The minimum Gasteiger partial charge on any atom is -0.332 e. The third-order valence-corrected chi connectivity index (χ3v) is 4.82. The molecule has 1 aliphatic rings. The van der Waals surface area contributed by atoms with Crippen molar-refractivity contribution in [2.75, 3.05) is 19.6 Å². The molecule has 1 saturated heterocycles. The van der Waals surface area contributed by atoms with E-state index in [-0.39, 0.29) is 42.3 Å². The highest BCUT2D eigenvalue weighted by Gasteiger charge is 2.28. The van der Waals surface area contributed by atoms with Crippen molar-refractivity contribution in [2.24, 2.45) is 7.05 Å². The van der Waals surface area contributed by atoms with Gasteiger partial charge in [0.15, 0.2) is 5.65 Å². The first-order valence-electron chi connectivity index (χ1n) is 8.67. The van der Waals surface area contributed by atoms with Crippen LogP contribution in [0.2, 0.25) is 0 Å². The zero-order valence-corrected chi connectivity index (χ0v) is 16.0. The van der Waals surface area contributed by atoms with Crippen LogP contribution in [0.3, 0.4) is 0 Å². The number of hydrogen-bond donors (Lipinski definition) is 1. The van der Waals surface area contributed by atoms with E-state index in [1.807, 2.05) is 0 Å². The van der Waals surface area contributed by atoms with Crippen molar-refractivity contribution >= 4 is 29.3 Å². The minimum absolute atomic E-state index is 0. The van der Waals surface area contributed by atoms with Crippen molar-refractivity contribution in [3.63, 3.8) is 0 Å². The number of aromatic nitrogens is 4. The average Bonchev–Trinajstić information content (AvgIpc) is 3.05. The lowest BCUT2D eigenvalue weighted by Gasteiger charge is -2.36. The molecule has 1 unspecified atom stereocenters. The van der Waals surface area contributed by atoms with Crippen molar-refractivity contribution in [3.8, 4) is 0 Å². The number of aryl methyl sites for hydroxylation is 1. The maximum absolute atomic E-state index is 13.6. The molecular weight excluding hydrogens is 387 g/mol. The molecule has 3 heterocycles. The molecule has 0 radical (unpaired) electrons. The van der Waals surface area contributed by atoms with Crippen molar-refractivity contribution in [1.82, 2.24) is 29.5 Å². The Bertz CT molecular complexity index is 1070. The van der Waals surface area contributed by atoms with Crippen LogP contribution < -0.4 is 10.9 Å². The summed E-state index contributed by atoms with van der Waals surface area (Å²) in [5.74, 6) is -0.550. The largest absolute Gasteiger partial charge is 0.332 e. The number of halogens is 2. The number of carbonyl (C=O) groups is 1. The number of piperazine rings is 1. The Morgan fingerprint density at radius 3 is 3.00 bits per heavy atom. The standard InChI is InChI=1S/C18H19FN6O2.ClH/c1-23-17-14(8-22-23)18(27)24(11-21-17)10-16(26)25-6-5-20-9-15(25)12-3-2-4-13(19)7-12;/h2-4,7-8,11,15,20H,5-6,9-10H2,1H3;1H. The molecular formula is C18H20ClFN6O2. The van der Waals surface area contributed by atoms with Crippen LogP contribution in [0.15, 0.2) is 41.6 Å². The second kappa shape index (κ2) is 8.07. The summed E-state index contributed by atoms with van der Waals surface area (Å²) in [7, 11) is 1.70. The molecule has 28 heavy (non-hydrogen) atoms. The lowest BCUT2D eigenvalue weighted by atomic mass is 10.0. The monoisotopic (exact) mass is 406 g/mol. The quantitative estimate of drug-likeness (QED) is 0.697. The van der Waals surface area contributed by atoms with Crippen LogP contribution in [0.4, 0.5) is 4.39 Å². The smallest absolute Gasteiger partial charge is 0.264 e. The summed E-state index contributed by atoms with van der Waals surface area (Å²) in [4.78, 5) is 31.4. The highest BCUT2D eigenvalue weighted by Crippen LogP contribution is 2.23. The predicted molar refractivity (Wildman–Crippen MR) is 104 cm³/mol. The van der Waals surface area contributed by atoms with Gasteiger partial charge in [0.05, 0.1) is 12.2 Å². The average molecular weight is 407 g/mol. The third kappa shape index (κ3) is 3.63. The third-order valence-electron chi connectivity index (χ3n) is 4.82. The first kappa shape index (κ1) is 20.0. The maximum Gasteiger partial charge on any atom is 0.264 e. The number of fused-ring (bicyclic) bond motifs is 1. The molecule has 3 aromatic rings. The van der Waals surface area contributed by atoms with Gasteiger partial charge in [-0.25, -0.2) is 9.37 Å². The van der Waals surface area contributed by atoms with E-state index in [4.69, 9.17) is 0 Å². The summed E-state index contributed by atoms with van der Waals surface area (Å²) < 4.78 is 16.4. The van der Waals surface area contributed by atoms with Crippen LogP contribution in [-0.2, 0) is 18.4 Å². The normalized spacial score (nSPS) is 16.8. The topological polar surface area (TPSA) is 85.0 Å². The Balaban J connectivity index is 0.00000225. The summed E-state index contributed by atoms with van der Waals surface area (Å²) in [5.41, 5.74) is 0.895. The fourth-order valence-corrected chi connectivity index (χ4v) is 3.43. The van der Waals surface area contributed by atoms with Gasteiger partial charge in [0.25, 0.3) is 5.56 Å². The van der Waals surface area contributed by atoms with Crippen LogP contribution in [-0.4, -0.2) is 49.8 Å². The summed E-state index contributed by atoms with van der Waals surface area (Å²) in [6, 6.07) is 5.96. The highest BCUT2D eigenvalue weighted by molar-refractivity contribution is 5.85. The first-order chi connectivity index (χ1) is 13.0. The van der Waals surface area contributed by atoms with Gasteiger partial charge >= 0.3 is 0 Å². The van der Waals surface area contributed by atoms with Crippen LogP contribution in [0.5, 0.6) is 0 Å². The molecule has 0 spiro atoms. The molecule has 10 heteroatoms. The minimum atomic E-state index is -0.340. The van der Waals surface area contributed by atoms with Gasteiger partial charge in [0.1, 0.15) is 24.1 Å². The molecule has 0 bridgehead atoms. The summed E-state index contributed by atoms with van der Waals surface area (Å²) in [6.07, 6.45) is 2.82. The fourth-order valence-electron chi connectivity index (χ4n) is 3.43. The number of carbonyl (C=O) groups excluding carboxylic acids is 1. The molecule has 1 amide bonds. The van der Waals surface area contributed by atoms with E-state index >= 15 is 0 Å². The van der Waals surface area contributed by atoms with Gasteiger partial charge in [-0.05, 0) is 17.7 Å². The van der Waals surface area contributed by atoms with Crippen LogP contribution >= 0.6 is 12.4 Å². The Hall–Kier alpha value is -2.78. The lowest BCUT2D eigenvalue weighted by molar-refractivity contribution is -0.135. The van der Waals surface area contributed by atoms with Gasteiger partial charge < -0.3 is 10.2 Å². The van der Waals surface area contributed by atoms with E-state index in [0.29, 0.717) is 30.7 Å². The molecule has 1 aromatic carbocycles. The van der Waals surface area contributed by atoms with E-state index in [2.05, 4.69) is 15.4 Å². The second-order valence-electron chi connectivity index (χ2n) is 6.55. The van der Waals surface area contributed by atoms with E-state index in [9.17, 15) is 14.0 Å². The Morgan fingerprint density at radius 1 is 1.39 bits per heavy atom. The number of amides is 1. The number of nitrogens with one attached hydrogen (secondary N) is 1. The van der Waals surface area contributed by atoms with Gasteiger partial charge in [-0.2, -0.15) is 5.10 Å². The predicted octanol–water partition coefficient (Wildman–Crippen LogP) is 0.864. The molecule has 2 aromatic heterocycles. The van der Waals surface area contributed by atoms with Gasteiger partial charge in [-0.15, -0.1) is 12.4 Å². The van der Waals surface area contributed by atoms with E-state index < -0.39 is 0 Å². The SMILES string of the molecule is Cl.Cn1ncc2c(=O)n(CC(=O)N3CCNCC3c3cccc(F)c3)cnc21. The molecule has 0 saturated carbocycles. The zero-order valence-electron chi connectivity index (χ0n) is 15.2. The Labute approximate surface area is 166 Å². The summed E-state index contributed by atoms with van der Waals surface area (Å²) in [6.45, 7) is 1.54. The number of hydrogen-bond acceptors (Lipinski definition) is 5. The highest BCUT2D eigenvalue weighted by atomic mass is 35.5. The molecule has 1 atom stereocenters. The van der Waals surface area contributed by atoms with Gasteiger partial charge in [-0.1, -0.05) is 12.1 Å². The Morgan fingerprint density at radius 2 is 2.21 bits per heavy atom. The number of nitrogens with zero attached hydrogens (tertiary/aromatic N) is 5. The maximum atomic E-state index is 13.6. The summed E-state index contributed by atoms with van der Waals surface area (Å²) >= 11 is 0. The molecule has 1 aliphatic heterocycles. The lowest BCUT2D eigenvalue weighted by Crippen LogP contribution is -2.50. The zero-order chi connectivity index (χ0) is 19.0.